The minimum Gasteiger partial charge on any atom is -0.303 e. The third kappa shape index (κ3) is 5.07. The molecule has 0 saturated carbocycles. The highest BCUT2D eigenvalue weighted by Gasteiger charge is 2.22. The molecule has 1 aliphatic rings. The van der Waals surface area contributed by atoms with E-state index in [-0.39, 0.29) is 17.5 Å². The van der Waals surface area contributed by atoms with Gasteiger partial charge in [-0.05, 0) is 39.3 Å². The van der Waals surface area contributed by atoms with Crippen molar-refractivity contribution in [1.29, 1.82) is 0 Å². The summed E-state index contributed by atoms with van der Waals surface area (Å²) in [5.74, 6) is 0.661. The van der Waals surface area contributed by atoms with Gasteiger partial charge in [0.25, 0.3) is 0 Å². The van der Waals surface area contributed by atoms with Crippen molar-refractivity contribution >= 4 is 15.6 Å². The second-order valence-electron chi connectivity index (χ2n) is 4.73. The van der Waals surface area contributed by atoms with E-state index >= 15 is 0 Å². The monoisotopic (exact) mass is 247 g/mol. The minimum absolute atomic E-state index is 0.159. The zero-order valence-electron chi connectivity index (χ0n) is 10.1. The number of ketones is 1. The Balaban J connectivity index is 2.30. The van der Waals surface area contributed by atoms with E-state index in [9.17, 15) is 13.2 Å². The van der Waals surface area contributed by atoms with E-state index < -0.39 is 9.84 Å². The molecule has 1 heterocycles. The lowest BCUT2D eigenvalue weighted by atomic mass is 9.94. The maximum Gasteiger partial charge on any atom is 0.147 e. The summed E-state index contributed by atoms with van der Waals surface area (Å²) in [6, 6.07) is 0. The number of sulfone groups is 1. The predicted molar refractivity (Wildman–Crippen MR) is 64.2 cm³/mol. The molecular formula is C11H21NO3S. The number of likely N-dealkylation sites (tertiary alicyclic amines) is 1. The molecule has 16 heavy (non-hydrogen) atoms. The SMILES string of the molecule is CC(=O)C1CCCN(CCCS(C)(=O)=O)C1. The zero-order chi connectivity index (χ0) is 12.2. The van der Waals surface area contributed by atoms with Crippen LogP contribution in [-0.4, -0.2) is 50.7 Å². The molecule has 0 radical (unpaired) electrons. The van der Waals surface area contributed by atoms with Crippen LogP contribution in [0.2, 0.25) is 0 Å². The molecule has 5 heteroatoms. The molecule has 0 aliphatic carbocycles. The van der Waals surface area contributed by atoms with Crippen molar-refractivity contribution in [2.75, 3.05) is 31.6 Å². The number of carbonyl (C=O) groups excluding carboxylic acids is 1. The van der Waals surface area contributed by atoms with E-state index in [4.69, 9.17) is 0 Å². The first-order valence-electron chi connectivity index (χ1n) is 5.79. The summed E-state index contributed by atoms with van der Waals surface area (Å²) >= 11 is 0. The number of Topliss-reactive ketones (excluding diaryl/α,β-unsaturated/α-hetero) is 1. The van der Waals surface area contributed by atoms with Gasteiger partial charge in [-0.3, -0.25) is 4.79 Å². The molecule has 1 saturated heterocycles. The highest BCUT2D eigenvalue weighted by Crippen LogP contribution is 2.17. The van der Waals surface area contributed by atoms with Crippen molar-refractivity contribution in [2.45, 2.75) is 26.2 Å². The van der Waals surface area contributed by atoms with E-state index in [1.807, 2.05) is 0 Å². The van der Waals surface area contributed by atoms with E-state index in [1.54, 1.807) is 6.92 Å². The van der Waals surface area contributed by atoms with Crippen LogP contribution in [0, 0.1) is 5.92 Å². The fraction of sp³-hybridized carbons (Fsp3) is 0.909. The van der Waals surface area contributed by atoms with Gasteiger partial charge in [-0.15, -0.1) is 0 Å². The van der Waals surface area contributed by atoms with Crippen LogP contribution in [0.1, 0.15) is 26.2 Å². The predicted octanol–water partition coefficient (Wildman–Crippen LogP) is 0.722. The van der Waals surface area contributed by atoms with Crippen molar-refractivity contribution in [3.63, 3.8) is 0 Å². The van der Waals surface area contributed by atoms with Gasteiger partial charge in [-0.25, -0.2) is 8.42 Å². The molecule has 0 aromatic heterocycles. The quantitative estimate of drug-likeness (QED) is 0.718. The van der Waals surface area contributed by atoms with Crippen LogP contribution in [0.5, 0.6) is 0 Å². The molecule has 94 valence electrons. The number of carbonyl (C=O) groups is 1. The van der Waals surface area contributed by atoms with Gasteiger partial charge in [0.1, 0.15) is 15.6 Å². The van der Waals surface area contributed by atoms with Crippen LogP contribution in [-0.2, 0) is 14.6 Å². The van der Waals surface area contributed by atoms with E-state index in [0.717, 1.165) is 32.5 Å². The van der Waals surface area contributed by atoms with E-state index in [2.05, 4.69) is 4.90 Å². The Morgan fingerprint density at radius 3 is 2.69 bits per heavy atom. The molecule has 0 amide bonds. The smallest absolute Gasteiger partial charge is 0.147 e. The molecule has 0 N–H and O–H groups in total. The van der Waals surface area contributed by atoms with E-state index in [1.165, 1.54) is 6.26 Å². The molecule has 0 aromatic rings. The number of hydrogen-bond donors (Lipinski definition) is 0. The van der Waals surface area contributed by atoms with Crippen LogP contribution in [0.25, 0.3) is 0 Å². The second kappa shape index (κ2) is 5.77. The topological polar surface area (TPSA) is 54.5 Å². The van der Waals surface area contributed by atoms with Crippen molar-refractivity contribution in [3.05, 3.63) is 0 Å². The fourth-order valence-corrected chi connectivity index (χ4v) is 2.79. The Bertz CT molecular complexity index is 337. The molecule has 1 rings (SSSR count). The lowest BCUT2D eigenvalue weighted by molar-refractivity contribution is -0.122. The number of piperidine rings is 1. The van der Waals surface area contributed by atoms with Crippen molar-refractivity contribution < 1.29 is 13.2 Å². The summed E-state index contributed by atoms with van der Waals surface area (Å²) < 4.78 is 21.9. The Labute approximate surface area is 97.9 Å². The van der Waals surface area contributed by atoms with Gasteiger partial charge in [0.15, 0.2) is 0 Å². The first kappa shape index (κ1) is 13.6. The van der Waals surface area contributed by atoms with Crippen LogP contribution < -0.4 is 0 Å². The molecular weight excluding hydrogens is 226 g/mol. The molecule has 1 unspecified atom stereocenters. The van der Waals surface area contributed by atoms with Crippen molar-refractivity contribution in [1.82, 2.24) is 4.90 Å². The maximum absolute atomic E-state index is 11.3. The first-order chi connectivity index (χ1) is 7.38. The van der Waals surface area contributed by atoms with Crippen LogP contribution in [0.15, 0.2) is 0 Å². The molecule has 4 nitrogen and oxygen atoms in total. The van der Waals surface area contributed by atoms with Gasteiger partial charge in [-0.1, -0.05) is 0 Å². The van der Waals surface area contributed by atoms with E-state index in [0.29, 0.717) is 6.42 Å². The van der Waals surface area contributed by atoms with Crippen LogP contribution in [0.3, 0.4) is 0 Å². The maximum atomic E-state index is 11.3. The minimum atomic E-state index is -2.85. The average Bonchev–Trinajstić information content (AvgIpc) is 2.16. The fourth-order valence-electron chi connectivity index (χ4n) is 2.14. The standard InChI is InChI=1S/C11H21NO3S/c1-10(13)11-5-3-6-12(9-11)7-4-8-16(2,14)15/h11H,3-9H2,1-2H3. The van der Waals surface area contributed by atoms with Gasteiger partial charge in [0.05, 0.1) is 5.75 Å². The summed E-state index contributed by atoms with van der Waals surface area (Å²) in [7, 11) is -2.85. The van der Waals surface area contributed by atoms with Gasteiger partial charge in [0.2, 0.25) is 0 Å². The lowest BCUT2D eigenvalue weighted by Gasteiger charge is -2.31. The van der Waals surface area contributed by atoms with Gasteiger partial charge in [0, 0.05) is 18.7 Å². The Morgan fingerprint density at radius 1 is 1.44 bits per heavy atom. The highest BCUT2D eigenvalue weighted by atomic mass is 32.2. The number of rotatable bonds is 5. The third-order valence-corrected chi connectivity index (χ3v) is 4.10. The normalized spacial score (nSPS) is 23.2. The summed E-state index contributed by atoms with van der Waals surface area (Å²) in [4.78, 5) is 13.5. The lowest BCUT2D eigenvalue weighted by Crippen LogP contribution is -2.38. The summed E-state index contributed by atoms with van der Waals surface area (Å²) in [5.41, 5.74) is 0. The second-order valence-corrected chi connectivity index (χ2v) is 6.99. The highest BCUT2D eigenvalue weighted by molar-refractivity contribution is 7.90. The molecule has 1 fully saturated rings. The number of nitrogens with zero attached hydrogens (tertiary/aromatic N) is 1. The molecule has 0 spiro atoms. The Kier molecular flexibility index (Phi) is 4.92. The van der Waals surface area contributed by atoms with Gasteiger partial charge >= 0.3 is 0 Å². The van der Waals surface area contributed by atoms with Crippen LogP contribution >= 0.6 is 0 Å². The summed E-state index contributed by atoms with van der Waals surface area (Å²) in [6.07, 6.45) is 3.96. The third-order valence-electron chi connectivity index (χ3n) is 3.07. The molecule has 0 bridgehead atoms. The summed E-state index contributed by atoms with van der Waals surface area (Å²) in [5, 5.41) is 0. The number of hydrogen-bond acceptors (Lipinski definition) is 4. The first-order valence-corrected chi connectivity index (χ1v) is 7.85. The molecule has 1 atom stereocenters. The average molecular weight is 247 g/mol. The van der Waals surface area contributed by atoms with Crippen molar-refractivity contribution in [3.8, 4) is 0 Å². The Hall–Kier alpha value is -0.420. The zero-order valence-corrected chi connectivity index (χ0v) is 10.9. The molecule has 0 aromatic carbocycles. The van der Waals surface area contributed by atoms with Crippen molar-refractivity contribution in [2.24, 2.45) is 5.92 Å². The van der Waals surface area contributed by atoms with Crippen LogP contribution in [0.4, 0.5) is 0 Å². The van der Waals surface area contributed by atoms with Gasteiger partial charge < -0.3 is 4.90 Å². The molecule has 1 aliphatic heterocycles. The Morgan fingerprint density at radius 2 is 2.12 bits per heavy atom. The summed E-state index contributed by atoms with van der Waals surface area (Å²) in [6.45, 7) is 4.23. The van der Waals surface area contributed by atoms with Gasteiger partial charge in [-0.2, -0.15) is 0 Å². The largest absolute Gasteiger partial charge is 0.303 e.